The second kappa shape index (κ2) is 7.03. The fourth-order valence-electron chi connectivity index (χ4n) is 3.10. The Hall–Kier alpha value is -1.71. The van der Waals surface area contributed by atoms with Gasteiger partial charge < -0.3 is 10.6 Å². The lowest BCUT2D eigenvalue weighted by Crippen LogP contribution is -2.41. The van der Waals surface area contributed by atoms with E-state index in [-0.39, 0.29) is 6.04 Å². The molecule has 3 heteroatoms. The van der Waals surface area contributed by atoms with Gasteiger partial charge in [0.1, 0.15) is 0 Å². The van der Waals surface area contributed by atoms with Gasteiger partial charge in [0.05, 0.1) is 6.04 Å². The van der Waals surface area contributed by atoms with Gasteiger partial charge in [-0.15, -0.1) is 0 Å². The van der Waals surface area contributed by atoms with Crippen molar-refractivity contribution in [2.45, 2.75) is 38.8 Å². The Morgan fingerprint density at radius 3 is 2.59 bits per heavy atom. The van der Waals surface area contributed by atoms with E-state index in [4.69, 9.17) is 0 Å². The lowest BCUT2D eigenvalue weighted by atomic mass is 9.94. The Balaban J connectivity index is 1.89. The van der Waals surface area contributed by atoms with Crippen LogP contribution < -0.4 is 10.6 Å². The SMILES string of the molecule is Cc1ccc(C(NC2CCNCC2)c2cccnc2)cc1C. The van der Waals surface area contributed by atoms with E-state index in [9.17, 15) is 0 Å². The lowest BCUT2D eigenvalue weighted by molar-refractivity contribution is 0.367. The molecule has 0 bridgehead atoms. The van der Waals surface area contributed by atoms with Gasteiger partial charge in [-0.1, -0.05) is 24.3 Å². The summed E-state index contributed by atoms with van der Waals surface area (Å²) in [5, 5.41) is 7.29. The van der Waals surface area contributed by atoms with E-state index in [0.717, 1.165) is 13.1 Å². The monoisotopic (exact) mass is 295 g/mol. The van der Waals surface area contributed by atoms with Gasteiger partial charge in [0.25, 0.3) is 0 Å². The number of piperidine rings is 1. The van der Waals surface area contributed by atoms with Crippen molar-refractivity contribution in [2.75, 3.05) is 13.1 Å². The Labute approximate surface area is 133 Å². The zero-order valence-electron chi connectivity index (χ0n) is 13.5. The van der Waals surface area contributed by atoms with Gasteiger partial charge in [-0.2, -0.15) is 0 Å². The van der Waals surface area contributed by atoms with Gasteiger partial charge in [0, 0.05) is 18.4 Å². The molecule has 0 amide bonds. The van der Waals surface area contributed by atoms with Crippen LogP contribution in [0.2, 0.25) is 0 Å². The fraction of sp³-hybridized carbons (Fsp3) is 0.421. The second-order valence-electron chi connectivity index (χ2n) is 6.25. The summed E-state index contributed by atoms with van der Waals surface area (Å²) in [6.45, 7) is 6.55. The number of hydrogen-bond donors (Lipinski definition) is 2. The van der Waals surface area contributed by atoms with E-state index in [1.54, 1.807) is 0 Å². The number of nitrogens with zero attached hydrogens (tertiary/aromatic N) is 1. The molecule has 1 aromatic carbocycles. The maximum Gasteiger partial charge on any atom is 0.0594 e. The first kappa shape index (κ1) is 15.2. The smallest absolute Gasteiger partial charge is 0.0594 e. The molecule has 116 valence electrons. The van der Waals surface area contributed by atoms with Gasteiger partial charge in [-0.3, -0.25) is 4.98 Å². The number of benzene rings is 1. The highest BCUT2D eigenvalue weighted by atomic mass is 15.0. The average molecular weight is 295 g/mol. The van der Waals surface area contributed by atoms with Crippen molar-refractivity contribution >= 4 is 0 Å². The molecular formula is C19H25N3. The number of rotatable bonds is 4. The van der Waals surface area contributed by atoms with Crippen LogP contribution in [0.5, 0.6) is 0 Å². The molecule has 1 aliphatic heterocycles. The molecule has 1 atom stereocenters. The van der Waals surface area contributed by atoms with Crippen LogP contribution in [0, 0.1) is 13.8 Å². The van der Waals surface area contributed by atoms with Gasteiger partial charge in [-0.25, -0.2) is 0 Å². The predicted molar refractivity (Wildman–Crippen MR) is 91.0 cm³/mol. The minimum Gasteiger partial charge on any atom is -0.317 e. The molecule has 2 heterocycles. The van der Waals surface area contributed by atoms with Crippen LogP contribution in [0.1, 0.15) is 41.1 Å². The molecule has 3 nitrogen and oxygen atoms in total. The van der Waals surface area contributed by atoms with Crippen molar-refractivity contribution in [2.24, 2.45) is 0 Å². The van der Waals surface area contributed by atoms with Gasteiger partial charge >= 0.3 is 0 Å². The third-order valence-corrected chi connectivity index (χ3v) is 4.62. The third-order valence-electron chi connectivity index (χ3n) is 4.62. The number of pyridine rings is 1. The van der Waals surface area contributed by atoms with Crippen LogP contribution in [0.15, 0.2) is 42.7 Å². The highest BCUT2D eigenvalue weighted by molar-refractivity contribution is 5.36. The highest BCUT2D eigenvalue weighted by Gasteiger charge is 2.20. The van der Waals surface area contributed by atoms with Crippen molar-refractivity contribution in [1.29, 1.82) is 0 Å². The molecule has 0 spiro atoms. The Bertz CT molecular complexity index is 603. The first-order valence-electron chi connectivity index (χ1n) is 8.18. The van der Waals surface area contributed by atoms with E-state index in [0.29, 0.717) is 6.04 Å². The van der Waals surface area contributed by atoms with Crippen LogP contribution in [-0.4, -0.2) is 24.1 Å². The minimum atomic E-state index is 0.219. The van der Waals surface area contributed by atoms with E-state index in [1.807, 2.05) is 18.5 Å². The Kier molecular flexibility index (Phi) is 4.86. The molecule has 1 aromatic heterocycles. The van der Waals surface area contributed by atoms with Crippen molar-refractivity contribution in [3.05, 3.63) is 65.0 Å². The topological polar surface area (TPSA) is 37.0 Å². The van der Waals surface area contributed by atoms with Gasteiger partial charge in [-0.05, 0) is 68.1 Å². The minimum absolute atomic E-state index is 0.219. The molecule has 1 aliphatic rings. The summed E-state index contributed by atoms with van der Waals surface area (Å²) < 4.78 is 0. The summed E-state index contributed by atoms with van der Waals surface area (Å²) in [5.41, 5.74) is 5.26. The first-order valence-corrected chi connectivity index (χ1v) is 8.18. The standard InChI is InChI=1S/C19H25N3/c1-14-5-6-16(12-15(14)2)19(17-4-3-9-21-13-17)22-18-7-10-20-11-8-18/h3-6,9,12-13,18-20,22H,7-8,10-11H2,1-2H3. The molecule has 2 aromatic rings. The quantitative estimate of drug-likeness (QED) is 0.910. The van der Waals surface area contributed by atoms with E-state index < -0.39 is 0 Å². The van der Waals surface area contributed by atoms with E-state index >= 15 is 0 Å². The van der Waals surface area contributed by atoms with Crippen LogP contribution >= 0.6 is 0 Å². The normalized spacial score (nSPS) is 17.4. The number of aryl methyl sites for hydroxylation is 2. The van der Waals surface area contributed by atoms with Crippen molar-refractivity contribution in [3.63, 3.8) is 0 Å². The zero-order valence-corrected chi connectivity index (χ0v) is 13.5. The van der Waals surface area contributed by atoms with Crippen LogP contribution in [-0.2, 0) is 0 Å². The van der Waals surface area contributed by atoms with E-state index in [2.05, 4.69) is 53.7 Å². The summed E-state index contributed by atoms with van der Waals surface area (Å²) in [5.74, 6) is 0. The number of nitrogens with one attached hydrogen (secondary N) is 2. The summed E-state index contributed by atoms with van der Waals surface area (Å²) >= 11 is 0. The molecule has 2 N–H and O–H groups in total. The fourth-order valence-corrected chi connectivity index (χ4v) is 3.10. The van der Waals surface area contributed by atoms with Crippen LogP contribution in [0.3, 0.4) is 0 Å². The average Bonchev–Trinajstić information content (AvgIpc) is 2.57. The molecular weight excluding hydrogens is 270 g/mol. The molecule has 0 aliphatic carbocycles. The Morgan fingerprint density at radius 2 is 1.91 bits per heavy atom. The summed E-state index contributed by atoms with van der Waals surface area (Å²) in [4.78, 5) is 4.31. The van der Waals surface area contributed by atoms with E-state index in [1.165, 1.54) is 35.1 Å². The zero-order chi connectivity index (χ0) is 15.4. The molecule has 3 rings (SSSR count). The molecule has 1 unspecified atom stereocenters. The highest BCUT2D eigenvalue weighted by Crippen LogP contribution is 2.25. The van der Waals surface area contributed by atoms with Crippen molar-refractivity contribution in [3.8, 4) is 0 Å². The largest absolute Gasteiger partial charge is 0.317 e. The van der Waals surface area contributed by atoms with Crippen LogP contribution in [0.4, 0.5) is 0 Å². The summed E-state index contributed by atoms with van der Waals surface area (Å²) in [7, 11) is 0. The molecule has 22 heavy (non-hydrogen) atoms. The molecule has 1 saturated heterocycles. The van der Waals surface area contributed by atoms with Crippen molar-refractivity contribution in [1.82, 2.24) is 15.6 Å². The Morgan fingerprint density at radius 1 is 1.09 bits per heavy atom. The molecule has 0 saturated carbocycles. The maximum atomic E-state index is 4.31. The summed E-state index contributed by atoms with van der Waals surface area (Å²) in [6.07, 6.45) is 6.18. The predicted octanol–water partition coefficient (Wildman–Crippen LogP) is 3.13. The second-order valence-corrected chi connectivity index (χ2v) is 6.25. The third kappa shape index (κ3) is 3.54. The molecule has 0 radical (unpaired) electrons. The summed E-state index contributed by atoms with van der Waals surface area (Å²) in [6, 6.07) is 11.7. The van der Waals surface area contributed by atoms with Gasteiger partial charge in [0.15, 0.2) is 0 Å². The number of hydrogen-bond acceptors (Lipinski definition) is 3. The lowest BCUT2D eigenvalue weighted by Gasteiger charge is -2.29. The van der Waals surface area contributed by atoms with Crippen molar-refractivity contribution < 1.29 is 0 Å². The van der Waals surface area contributed by atoms with Crippen LogP contribution in [0.25, 0.3) is 0 Å². The molecule has 1 fully saturated rings. The maximum absolute atomic E-state index is 4.31. The number of aromatic nitrogens is 1. The first-order chi connectivity index (χ1) is 10.7. The van der Waals surface area contributed by atoms with Gasteiger partial charge in [0.2, 0.25) is 0 Å².